The number of non-ortho nitro benzene ring substituents is 1. The molecule has 1 fully saturated rings. The zero-order chi connectivity index (χ0) is 12.8. The first-order valence-corrected chi connectivity index (χ1v) is 6.27. The van der Waals surface area contributed by atoms with Gasteiger partial charge in [-0.05, 0) is 30.9 Å². The van der Waals surface area contributed by atoms with Gasteiger partial charge >= 0.3 is 0 Å². The first-order valence-electron chi connectivity index (χ1n) is 6.27. The monoisotopic (exact) mass is 250 g/mol. The molecule has 0 atom stereocenters. The molecule has 0 unspecified atom stereocenters. The lowest BCUT2D eigenvalue weighted by Gasteiger charge is -2.22. The molecular weight excluding hydrogens is 232 g/mol. The number of nitrogens with one attached hydrogen (secondary N) is 1. The summed E-state index contributed by atoms with van der Waals surface area (Å²) in [7, 11) is 0. The van der Waals surface area contributed by atoms with Crippen LogP contribution < -0.4 is 5.32 Å². The molecule has 1 N–H and O–H groups in total. The quantitative estimate of drug-likeness (QED) is 0.642. The average molecular weight is 250 g/mol. The first kappa shape index (κ1) is 13.0. The van der Waals surface area contributed by atoms with E-state index in [1.807, 2.05) is 0 Å². The third kappa shape index (κ3) is 3.78. The predicted molar refractivity (Wildman–Crippen MR) is 68.3 cm³/mol. The van der Waals surface area contributed by atoms with E-state index in [1.54, 1.807) is 24.3 Å². The number of hydrogen-bond donors (Lipinski definition) is 1. The van der Waals surface area contributed by atoms with Crippen LogP contribution in [0.15, 0.2) is 24.3 Å². The highest BCUT2D eigenvalue weighted by atomic mass is 16.6. The molecule has 1 aliphatic rings. The van der Waals surface area contributed by atoms with E-state index in [1.165, 1.54) is 0 Å². The molecule has 0 aliphatic carbocycles. The van der Waals surface area contributed by atoms with Crippen molar-refractivity contribution < 1.29 is 9.66 Å². The van der Waals surface area contributed by atoms with Gasteiger partial charge in [-0.3, -0.25) is 10.1 Å². The smallest absolute Gasteiger partial charge is 0.269 e. The van der Waals surface area contributed by atoms with Crippen molar-refractivity contribution in [2.24, 2.45) is 5.92 Å². The number of hydrogen-bond acceptors (Lipinski definition) is 4. The molecule has 1 heterocycles. The summed E-state index contributed by atoms with van der Waals surface area (Å²) < 4.78 is 5.31. The third-order valence-electron chi connectivity index (χ3n) is 3.25. The molecule has 0 radical (unpaired) electrons. The zero-order valence-corrected chi connectivity index (χ0v) is 10.3. The fourth-order valence-corrected chi connectivity index (χ4v) is 2.11. The summed E-state index contributed by atoms with van der Waals surface area (Å²) in [4.78, 5) is 10.1. The minimum Gasteiger partial charge on any atom is -0.381 e. The first-order chi connectivity index (χ1) is 8.75. The van der Waals surface area contributed by atoms with E-state index in [0.717, 1.165) is 44.7 Å². The minimum absolute atomic E-state index is 0.142. The molecule has 1 aliphatic heterocycles. The third-order valence-corrected chi connectivity index (χ3v) is 3.25. The minimum atomic E-state index is -0.376. The summed E-state index contributed by atoms with van der Waals surface area (Å²) in [5.41, 5.74) is 1.22. The molecule has 18 heavy (non-hydrogen) atoms. The maximum Gasteiger partial charge on any atom is 0.269 e. The highest BCUT2D eigenvalue weighted by Gasteiger charge is 2.12. The van der Waals surface area contributed by atoms with Gasteiger partial charge in [0.05, 0.1) is 4.92 Å². The van der Waals surface area contributed by atoms with Crippen molar-refractivity contribution in [1.29, 1.82) is 0 Å². The van der Waals surface area contributed by atoms with E-state index >= 15 is 0 Å². The number of ether oxygens (including phenoxy) is 1. The van der Waals surface area contributed by atoms with E-state index in [9.17, 15) is 10.1 Å². The predicted octanol–water partition coefficient (Wildman–Crippen LogP) is 2.11. The van der Waals surface area contributed by atoms with Crippen molar-refractivity contribution in [2.75, 3.05) is 19.8 Å². The fourth-order valence-electron chi connectivity index (χ4n) is 2.11. The van der Waals surface area contributed by atoms with Crippen LogP contribution in [0.25, 0.3) is 0 Å². The Bertz CT molecular complexity index is 386. The second-order valence-corrected chi connectivity index (χ2v) is 4.61. The number of benzene rings is 1. The second kappa shape index (κ2) is 6.47. The van der Waals surface area contributed by atoms with Crippen molar-refractivity contribution in [3.05, 3.63) is 39.9 Å². The van der Waals surface area contributed by atoms with Crippen molar-refractivity contribution in [3.8, 4) is 0 Å². The Kier molecular flexibility index (Phi) is 4.66. The zero-order valence-electron chi connectivity index (χ0n) is 10.3. The van der Waals surface area contributed by atoms with Crippen LogP contribution in [-0.4, -0.2) is 24.7 Å². The maximum absolute atomic E-state index is 10.5. The van der Waals surface area contributed by atoms with Crippen LogP contribution in [0, 0.1) is 16.0 Å². The second-order valence-electron chi connectivity index (χ2n) is 4.61. The van der Waals surface area contributed by atoms with E-state index in [-0.39, 0.29) is 10.6 Å². The van der Waals surface area contributed by atoms with Gasteiger partial charge in [0.1, 0.15) is 0 Å². The molecule has 5 nitrogen and oxygen atoms in total. The summed E-state index contributed by atoms with van der Waals surface area (Å²) in [6, 6.07) is 6.70. The maximum atomic E-state index is 10.5. The Hall–Kier alpha value is -1.46. The molecule has 0 bridgehead atoms. The number of nitro groups is 1. The van der Waals surface area contributed by atoms with Crippen LogP contribution in [-0.2, 0) is 11.3 Å². The van der Waals surface area contributed by atoms with Crippen LogP contribution in [0.3, 0.4) is 0 Å². The Balaban J connectivity index is 1.74. The number of nitro benzene ring substituents is 1. The lowest BCUT2D eigenvalue weighted by Crippen LogP contribution is -2.27. The molecule has 5 heteroatoms. The number of nitrogens with zero attached hydrogens (tertiary/aromatic N) is 1. The lowest BCUT2D eigenvalue weighted by molar-refractivity contribution is -0.384. The molecule has 1 saturated heterocycles. The van der Waals surface area contributed by atoms with Gasteiger partial charge in [-0.15, -0.1) is 0 Å². The Labute approximate surface area is 106 Å². The Morgan fingerprint density at radius 2 is 1.94 bits per heavy atom. The molecule has 0 amide bonds. The topological polar surface area (TPSA) is 64.4 Å². The van der Waals surface area contributed by atoms with Crippen LogP contribution in [0.1, 0.15) is 18.4 Å². The van der Waals surface area contributed by atoms with Gasteiger partial charge in [-0.1, -0.05) is 12.1 Å². The normalized spacial score (nSPS) is 16.7. The summed E-state index contributed by atoms with van der Waals surface area (Å²) in [6.45, 7) is 3.48. The lowest BCUT2D eigenvalue weighted by atomic mass is 10.0. The summed E-state index contributed by atoms with van der Waals surface area (Å²) in [6.07, 6.45) is 2.24. The standard InChI is InChI=1S/C13H18N2O3/c16-15(17)13-3-1-11(2-4-13)9-14-10-12-5-7-18-8-6-12/h1-4,12,14H,5-10H2. The Morgan fingerprint density at radius 1 is 1.28 bits per heavy atom. The summed E-state index contributed by atoms with van der Waals surface area (Å²) >= 11 is 0. The Morgan fingerprint density at radius 3 is 2.56 bits per heavy atom. The van der Waals surface area contributed by atoms with Gasteiger partial charge in [0.15, 0.2) is 0 Å². The van der Waals surface area contributed by atoms with Gasteiger partial charge in [-0.2, -0.15) is 0 Å². The summed E-state index contributed by atoms with van der Waals surface area (Å²) in [5.74, 6) is 0.691. The molecule has 0 spiro atoms. The van der Waals surface area contributed by atoms with Gasteiger partial charge in [-0.25, -0.2) is 0 Å². The van der Waals surface area contributed by atoms with Crippen LogP contribution in [0.2, 0.25) is 0 Å². The SMILES string of the molecule is O=[N+]([O-])c1ccc(CNCC2CCOCC2)cc1. The van der Waals surface area contributed by atoms with E-state index in [4.69, 9.17) is 4.74 Å². The molecule has 1 aromatic rings. The van der Waals surface area contributed by atoms with Crippen molar-refractivity contribution in [3.63, 3.8) is 0 Å². The number of rotatable bonds is 5. The van der Waals surface area contributed by atoms with Gasteiger partial charge in [0, 0.05) is 31.9 Å². The molecular formula is C13H18N2O3. The van der Waals surface area contributed by atoms with Gasteiger partial charge < -0.3 is 10.1 Å². The van der Waals surface area contributed by atoms with Crippen LogP contribution >= 0.6 is 0 Å². The van der Waals surface area contributed by atoms with E-state index in [2.05, 4.69) is 5.32 Å². The molecule has 98 valence electrons. The average Bonchev–Trinajstić information content (AvgIpc) is 2.40. The molecule has 0 aromatic heterocycles. The van der Waals surface area contributed by atoms with Crippen molar-refractivity contribution in [1.82, 2.24) is 5.32 Å². The molecule has 2 rings (SSSR count). The van der Waals surface area contributed by atoms with Gasteiger partial charge in [0.2, 0.25) is 0 Å². The van der Waals surface area contributed by atoms with Crippen molar-refractivity contribution in [2.45, 2.75) is 19.4 Å². The highest BCUT2D eigenvalue weighted by Crippen LogP contribution is 2.14. The molecule has 0 saturated carbocycles. The van der Waals surface area contributed by atoms with E-state index in [0.29, 0.717) is 5.92 Å². The van der Waals surface area contributed by atoms with Crippen LogP contribution in [0.5, 0.6) is 0 Å². The molecule has 1 aromatic carbocycles. The highest BCUT2D eigenvalue weighted by molar-refractivity contribution is 5.32. The fraction of sp³-hybridized carbons (Fsp3) is 0.538. The van der Waals surface area contributed by atoms with E-state index < -0.39 is 0 Å². The van der Waals surface area contributed by atoms with Crippen LogP contribution in [0.4, 0.5) is 5.69 Å². The van der Waals surface area contributed by atoms with Gasteiger partial charge in [0.25, 0.3) is 5.69 Å². The largest absolute Gasteiger partial charge is 0.381 e. The summed E-state index contributed by atoms with van der Waals surface area (Å²) in [5, 5.41) is 13.9. The van der Waals surface area contributed by atoms with Crippen molar-refractivity contribution >= 4 is 5.69 Å².